The summed E-state index contributed by atoms with van der Waals surface area (Å²) < 4.78 is 5.46. The molecule has 3 N–H and O–H groups in total. The topological polar surface area (TPSA) is 72.0 Å². The smallest absolute Gasteiger partial charge is 0.192 e. The van der Waals surface area contributed by atoms with E-state index in [1.807, 2.05) is 31.2 Å². The molecule has 0 saturated carbocycles. The molecule has 0 bridgehead atoms. The van der Waals surface area contributed by atoms with Crippen LogP contribution in [0, 0.1) is 0 Å². The lowest BCUT2D eigenvalue weighted by molar-refractivity contribution is 0.602. The molecule has 0 unspecified atom stereocenters. The Morgan fingerprint density at radius 3 is 2.82 bits per heavy atom. The molecule has 28 heavy (non-hydrogen) atoms. The van der Waals surface area contributed by atoms with E-state index in [1.165, 1.54) is 17.9 Å². The van der Waals surface area contributed by atoms with Crippen molar-refractivity contribution in [1.82, 2.24) is 4.98 Å². The van der Waals surface area contributed by atoms with E-state index in [1.54, 1.807) is 6.20 Å². The van der Waals surface area contributed by atoms with Gasteiger partial charge in [-0.3, -0.25) is 4.79 Å². The van der Waals surface area contributed by atoms with Crippen LogP contribution in [0.15, 0.2) is 63.6 Å². The van der Waals surface area contributed by atoms with Gasteiger partial charge in [0, 0.05) is 22.0 Å². The first-order chi connectivity index (χ1) is 13.5. The van der Waals surface area contributed by atoms with Gasteiger partial charge in [0.1, 0.15) is 5.58 Å². The first-order valence-corrected chi connectivity index (χ1v) is 9.28. The monoisotopic (exact) mass is 370 g/mol. The van der Waals surface area contributed by atoms with E-state index in [2.05, 4.69) is 30.6 Å². The summed E-state index contributed by atoms with van der Waals surface area (Å²) in [6, 6.07) is 11.4. The summed E-state index contributed by atoms with van der Waals surface area (Å²) in [4.78, 5) is 15.7. The molecule has 4 heteroatoms. The van der Waals surface area contributed by atoms with Crippen molar-refractivity contribution in [2.75, 3.05) is 0 Å². The largest absolute Gasteiger partial charge is 0.464 e. The second-order valence-corrected chi connectivity index (χ2v) is 6.94. The van der Waals surface area contributed by atoms with Crippen LogP contribution < -0.4 is 21.7 Å². The van der Waals surface area contributed by atoms with Crippen molar-refractivity contribution in [3.8, 4) is 11.1 Å². The molecular formula is C24H22N2O2. The van der Waals surface area contributed by atoms with Gasteiger partial charge in [0.15, 0.2) is 5.43 Å². The first-order valence-electron chi connectivity index (χ1n) is 9.28. The van der Waals surface area contributed by atoms with Gasteiger partial charge in [0.2, 0.25) is 0 Å². The third kappa shape index (κ3) is 2.83. The number of H-pyrrole nitrogens is 1. The van der Waals surface area contributed by atoms with Gasteiger partial charge in [0.05, 0.1) is 17.2 Å². The van der Waals surface area contributed by atoms with Crippen LogP contribution in [0.5, 0.6) is 0 Å². The molecule has 4 aromatic rings. The second-order valence-electron chi connectivity index (χ2n) is 6.94. The van der Waals surface area contributed by atoms with Crippen molar-refractivity contribution in [2.45, 2.75) is 20.3 Å². The van der Waals surface area contributed by atoms with E-state index >= 15 is 0 Å². The molecule has 4 nitrogen and oxygen atoms in total. The molecular weight excluding hydrogens is 348 g/mol. The molecule has 2 heterocycles. The lowest BCUT2D eigenvalue weighted by Crippen LogP contribution is -2.21. The fourth-order valence-electron chi connectivity index (χ4n) is 3.66. The van der Waals surface area contributed by atoms with Gasteiger partial charge in [-0.05, 0) is 60.0 Å². The maximum atomic E-state index is 12.3. The number of hydrogen-bond acceptors (Lipinski definition) is 3. The minimum absolute atomic E-state index is 0.0508. The van der Waals surface area contributed by atoms with Crippen LogP contribution in [-0.4, -0.2) is 4.98 Å². The number of aromatic nitrogens is 1. The molecule has 0 atom stereocenters. The van der Waals surface area contributed by atoms with Crippen LogP contribution in [0.3, 0.4) is 0 Å². The third-order valence-corrected chi connectivity index (χ3v) is 5.15. The highest BCUT2D eigenvalue weighted by Gasteiger charge is 2.12. The third-order valence-electron chi connectivity index (χ3n) is 5.15. The maximum Gasteiger partial charge on any atom is 0.192 e. The molecule has 2 aromatic carbocycles. The van der Waals surface area contributed by atoms with Crippen molar-refractivity contribution < 1.29 is 4.42 Å². The van der Waals surface area contributed by atoms with Crippen molar-refractivity contribution in [2.24, 2.45) is 5.73 Å². The van der Waals surface area contributed by atoms with Gasteiger partial charge in [-0.2, -0.15) is 0 Å². The fraction of sp³-hybridized carbons (Fsp3) is 0.125. The van der Waals surface area contributed by atoms with E-state index in [0.717, 1.165) is 44.6 Å². The Morgan fingerprint density at radius 1 is 1.25 bits per heavy atom. The van der Waals surface area contributed by atoms with Crippen LogP contribution in [0.2, 0.25) is 0 Å². The number of aryl methyl sites for hydroxylation is 1. The van der Waals surface area contributed by atoms with Gasteiger partial charge in [-0.1, -0.05) is 31.7 Å². The Hall–Kier alpha value is -3.53. The predicted molar refractivity (Wildman–Crippen MR) is 116 cm³/mol. The molecule has 0 aliphatic heterocycles. The number of benzene rings is 2. The Bertz CT molecular complexity index is 1400. The first kappa shape index (κ1) is 17.9. The summed E-state index contributed by atoms with van der Waals surface area (Å²) in [5.74, 6) is 0. The van der Waals surface area contributed by atoms with Crippen LogP contribution in [-0.2, 0) is 6.42 Å². The van der Waals surface area contributed by atoms with Crippen LogP contribution in [0.4, 0.5) is 0 Å². The zero-order valence-corrected chi connectivity index (χ0v) is 16.0. The Balaban J connectivity index is 2.14. The van der Waals surface area contributed by atoms with Crippen LogP contribution in [0.1, 0.15) is 19.4 Å². The number of aromatic amines is 1. The quantitative estimate of drug-likeness (QED) is 0.579. The fourth-order valence-corrected chi connectivity index (χ4v) is 3.66. The number of nitrogens with two attached hydrogens (primary N) is 1. The highest BCUT2D eigenvalue weighted by molar-refractivity contribution is 5.99. The minimum atomic E-state index is -0.0508. The van der Waals surface area contributed by atoms with E-state index in [-0.39, 0.29) is 5.43 Å². The van der Waals surface area contributed by atoms with Crippen molar-refractivity contribution in [1.29, 1.82) is 0 Å². The number of hydrogen-bond donors (Lipinski definition) is 2. The second kappa shape index (κ2) is 6.89. The van der Waals surface area contributed by atoms with E-state index in [9.17, 15) is 4.79 Å². The Morgan fingerprint density at radius 2 is 2.07 bits per heavy atom. The highest BCUT2D eigenvalue weighted by atomic mass is 16.3. The molecule has 0 fully saturated rings. The zero-order chi connectivity index (χ0) is 19.8. The molecule has 0 radical (unpaired) electrons. The van der Waals surface area contributed by atoms with E-state index in [4.69, 9.17) is 10.2 Å². The predicted octanol–water partition coefficient (Wildman–Crippen LogP) is 3.56. The molecule has 140 valence electrons. The maximum absolute atomic E-state index is 12.3. The minimum Gasteiger partial charge on any atom is -0.464 e. The van der Waals surface area contributed by atoms with Gasteiger partial charge < -0.3 is 15.1 Å². The normalized spacial score (nSPS) is 12.9. The van der Waals surface area contributed by atoms with Gasteiger partial charge in [-0.25, -0.2) is 0 Å². The molecule has 0 amide bonds. The molecule has 4 rings (SSSR count). The van der Waals surface area contributed by atoms with E-state index < -0.39 is 0 Å². The zero-order valence-electron chi connectivity index (χ0n) is 16.0. The van der Waals surface area contributed by atoms with E-state index in [0.29, 0.717) is 11.0 Å². The summed E-state index contributed by atoms with van der Waals surface area (Å²) in [5, 5.41) is 3.52. The average molecular weight is 370 g/mol. The summed E-state index contributed by atoms with van der Waals surface area (Å²) in [6.07, 6.45) is 5.96. The van der Waals surface area contributed by atoms with Gasteiger partial charge in [-0.15, -0.1) is 0 Å². The summed E-state index contributed by atoms with van der Waals surface area (Å²) >= 11 is 0. The van der Waals surface area contributed by atoms with Crippen molar-refractivity contribution in [3.63, 3.8) is 0 Å². The molecule has 0 aliphatic rings. The van der Waals surface area contributed by atoms with Crippen LogP contribution >= 0.6 is 0 Å². The Labute approximate surface area is 162 Å². The summed E-state index contributed by atoms with van der Waals surface area (Å²) in [5.41, 5.74) is 11.5. The number of nitrogens with one attached hydrogen (secondary N) is 1. The van der Waals surface area contributed by atoms with Gasteiger partial charge >= 0.3 is 0 Å². The summed E-state index contributed by atoms with van der Waals surface area (Å²) in [7, 11) is 0. The van der Waals surface area contributed by atoms with Crippen molar-refractivity contribution >= 4 is 34.5 Å². The number of allylic oxidation sites excluding steroid dienone is 1. The Kier molecular flexibility index (Phi) is 4.40. The average Bonchev–Trinajstić information content (AvgIpc) is 3.03. The molecule has 0 spiro atoms. The SMILES string of the molecule is C=c1[nH]c2c(CC)ccc(-c3ccc4occc(=O)c4c3)c2/c1=C/C(C)=C\N. The standard InChI is InChI=1S/C24H22N2O2/c1-4-16-5-7-18(17-6-8-22-20(12-17)21(27)9-10-28-22)23-19(11-14(2)13-25)15(3)26-24(16)23/h5-13,26H,3-4,25H2,1-2H3/b14-13-,19-11+. The molecule has 2 aromatic heterocycles. The number of fused-ring (bicyclic) bond motifs is 2. The molecule has 0 aliphatic carbocycles. The lowest BCUT2D eigenvalue weighted by atomic mass is 9.96. The van der Waals surface area contributed by atoms with Gasteiger partial charge in [0.25, 0.3) is 0 Å². The highest BCUT2D eigenvalue weighted by Crippen LogP contribution is 2.29. The summed E-state index contributed by atoms with van der Waals surface area (Å²) in [6.45, 7) is 8.29. The molecule has 0 saturated heterocycles. The van der Waals surface area contributed by atoms with Crippen molar-refractivity contribution in [3.05, 3.63) is 80.8 Å². The van der Waals surface area contributed by atoms with Crippen LogP contribution in [0.25, 0.3) is 45.7 Å². The number of rotatable bonds is 3. The lowest BCUT2D eigenvalue weighted by Gasteiger charge is -2.08.